The maximum absolute atomic E-state index is 15.0. The van der Waals surface area contributed by atoms with Gasteiger partial charge in [-0.05, 0) is 43.0 Å². The minimum atomic E-state index is -0.981. The second-order valence-electron chi connectivity index (χ2n) is 8.74. The standard InChI is InChI=1S/C27H25F2N7O/c1-3-23(37)33-22-15-17(9-10-30-22)19-6-4-5-18-16-31-27(34-26(18)19)32-20-7-8-21(25(29)24(20)28)36-13-11-35(2)12-14-36/h3-10,15-16H,1,11-14H2,2H3,(H,30,33,37)(H,31,32,34). The van der Waals surface area contributed by atoms with E-state index in [0.717, 1.165) is 35.7 Å². The molecular formula is C27H25F2N7O. The number of hydrogen-bond donors (Lipinski definition) is 2. The number of aromatic nitrogens is 3. The number of anilines is 4. The van der Waals surface area contributed by atoms with Crippen molar-refractivity contribution in [2.75, 3.05) is 48.8 Å². The van der Waals surface area contributed by atoms with Crippen LogP contribution in [0.1, 0.15) is 0 Å². The second-order valence-corrected chi connectivity index (χ2v) is 8.74. The van der Waals surface area contributed by atoms with E-state index in [-0.39, 0.29) is 23.2 Å². The Bertz CT molecular complexity index is 1490. The lowest BCUT2D eigenvalue weighted by Gasteiger charge is -2.34. The van der Waals surface area contributed by atoms with E-state index >= 15 is 4.39 Å². The molecule has 8 nitrogen and oxygen atoms in total. The number of carbonyl (C=O) groups excluding carboxylic acids is 1. The summed E-state index contributed by atoms with van der Waals surface area (Å²) in [7, 11) is 2.00. The molecule has 1 fully saturated rings. The average Bonchev–Trinajstić information content (AvgIpc) is 2.92. The molecule has 0 bridgehead atoms. The van der Waals surface area contributed by atoms with Crippen molar-refractivity contribution in [3.8, 4) is 11.1 Å². The molecule has 0 aliphatic carbocycles. The lowest BCUT2D eigenvalue weighted by molar-refractivity contribution is -0.111. The summed E-state index contributed by atoms with van der Waals surface area (Å²) in [6.07, 6.45) is 4.35. The van der Waals surface area contributed by atoms with Crippen molar-refractivity contribution in [1.29, 1.82) is 0 Å². The van der Waals surface area contributed by atoms with Crippen molar-refractivity contribution < 1.29 is 13.6 Å². The summed E-state index contributed by atoms with van der Waals surface area (Å²) in [6.45, 7) is 6.28. The number of halogens is 2. The average molecular weight is 502 g/mol. The number of rotatable bonds is 6. The monoisotopic (exact) mass is 501 g/mol. The Morgan fingerprint density at radius 2 is 1.86 bits per heavy atom. The number of nitrogens with zero attached hydrogens (tertiary/aromatic N) is 5. The highest BCUT2D eigenvalue weighted by atomic mass is 19.2. The van der Waals surface area contributed by atoms with Crippen LogP contribution in [0.5, 0.6) is 0 Å². The van der Waals surface area contributed by atoms with Crippen LogP contribution >= 0.6 is 0 Å². The smallest absolute Gasteiger partial charge is 0.248 e. The zero-order valence-corrected chi connectivity index (χ0v) is 20.2. The van der Waals surface area contributed by atoms with E-state index in [0.29, 0.717) is 24.4 Å². The van der Waals surface area contributed by atoms with Crippen LogP contribution in [0.25, 0.3) is 22.0 Å². The van der Waals surface area contributed by atoms with Gasteiger partial charge in [-0.25, -0.2) is 23.7 Å². The fourth-order valence-corrected chi connectivity index (χ4v) is 4.24. The summed E-state index contributed by atoms with van der Waals surface area (Å²) in [5.41, 5.74) is 2.32. The van der Waals surface area contributed by atoms with Gasteiger partial charge in [-0.2, -0.15) is 0 Å². The molecule has 1 amide bonds. The number of likely N-dealkylation sites (N-methyl/N-ethyl adjacent to an activating group) is 1. The minimum Gasteiger partial charge on any atom is -0.367 e. The van der Waals surface area contributed by atoms with Crippen LogP contribution in [0.2, 0.25) is 0 Å². The topological polar surface area (TPSA) is 86.3 Å². The van der Waals surface area contributed by atoms with Gasteiger partial charge in [0.25, 0.3) is 0 Å². The van der Waals surface area contributed by atoms with Gasteiger partial charge in [-0.3, -0.25) is 4.79 Å². The van der Waals surface area contributed by atoms with Gasteiger partial charge in [0, 0.05) is 49.5 Å². The van der Waals surface area contributed by atoms with Crippen LogP contribution in [0, 0.1) is 11.6 Å². The van der Waals surface area contributed by atoms with Crippen molar-refractivity contribution in [2.45, 2.75) is 0 Å². The molecule has 4 aromatic rings. The summed E-state index contributed by atoms with van der Waals surface area (Å²) < 4.78 is 30.0. The Morgan fingerprint density at radius 1 is 1.05 bits per heavy atom. The maximum Gasteiger partial charge on any atom is 0.248 e. The van der Waals surface area contributed by atoms with Gasteiger partial charge in [0.1, 0.15) is 5.82 Å². The van der Waals surface area contributed by atoms with Gasteiger partial charge < -0.3 is 20.4 Å². The molecule has 37 heavy (non-hydrogen) atoms. The number of para-hydroxylation sites is 1. The Balaban J connectivity index is 1.45. The fraction of sp³-hybridized carbons (Fsp3) is 0.185. The summed E-state index contributed by atoms with van der Waals surface area (Å²) in [6, 6.07) is 12.2. The Kier molecular flexibility index (Phi) is 6.74. The molecule has 1 saturated heterocycles. The maximum atomic E-state index is 15.0. The Morgan fingerprint density at radius 3 is 2.65 bits per heavy atom. The highest BCUT2D eigenvalue weighted by molar-refractivity contribution is 5.99. The number of carbonyl (C=O) groups is 1. The van der Waals surface area contributed by atoms with Crippen molar-refractivity contribution in [2.24, 2.45) is 0 Å². The predicted molar refractivity (Wildman–Crippen MR) is 141 cm³/mol. The molecule has 2 aromatic heterocycles. The van der Waals surface area contributed by atoms with E-state index < -0.39 is 11.6 Å². The normalized spacial score (nSPS) is 14.0. The van der Waals surface area contributed by atoms with Crippen LogP contribution in [-0.4, -0.2) is 59.0 Å². The molecule has 0 radical (unpaired) electrons. The molecule has 0 spiro atoms. The fourth-order valence-electron chi connectivity index (χ4n) is 4.24. The molecule has 0 atom stereocenters. The third-order valence-electron chi connectivity index (χ3n) is 6.27. The molecule has 1 aliphatic rings. The molecule has 10 heteroatoms. The number of nitrogens with one attached hydrogen (secondary N) is 2. The van der Waals surface area contributed by atoms with Crippen LogP contribution in [0.4, 0.5) is 31.9 Å². The predicted octanol–water partition coefficient (Wildman–Crippen LogP) is 4.59. The van der Waals surface area contributed by atoms with E-state index in [1.54, 1.807) is 30.6 Å². The first kappa shape index (κ1) is 24.3. The molecule has 0 saturated carbocycles. The number of pyridine rings is 1. The lowest BCUT2D eigenvalue weighted by atomic mass is 10.0. The quantitative estimate of drug-likeness (QED) is 0.374. The third kappa shape index (κ3) is 5.10. The van der Waals surface area contributed by atoms with Gasteiger partial charge in [0.05, 0.1) is 16.9 Å². The molecule has 188 valence electrons. The number of hydrogen-bond acceptors (Lipinski definition) is 7. The minimum absolute atomic E-state index is 0.0504. The van der Waals surface area contributed by atoms with Gasteiger partial charge in [0.2, 0.25) is 11.9 Å². The molecular weight excluding hydrogens is 476 g/mol. The van der Waals surface area contributed by atoms with Gasteiger partial charge in [-0.1, -0.05) is 24.8 Å². The largest absolute Gasteiger partial charge is 0.367 e. The van der Waals surface area contributed by atoms with Gasteiger partial charge in [-0.15, -0.1) is 0 Å². The highest BCUT2D eigenvalue weighted by Gasteiger charge is 2.22. The molecule has 3 heterocycles. The highest BCUT2D eigenvalue weighted by Crippen LogP contribution is 2.31. The SMILES string of the molecule is C=CC(=O)Nc1cc(-c2cccc3cnc(Nc4ccc(N5CCN(C)CC5)c(F)c4F)nc23)ccn1. The first-order chi connectivity index (χ1) is 17.9. The van der Waals surface area contributed by atoms with Crippen LogP contribution < -0.4 is 15.5 Å². The van der Waals surface area contributed by atoms with Crippen LogP contribution in [0.15, 0.2) is 67.5 Å². The number of piperazine rings is 1. The Labute approximate surface area is 212 Å². The molecule has 0 unspecified atom stereocenters. The summed E-state index contributed by atoms with van der Waals surface area (Å²) >= 11 is 0. The third-order valence-corrected chi connectivity index (χ3v) is 6.27. The van der Waals surface area contributed by atoms with Crippen LogP contribution in [0.3, 0.4) is 0 Å². The number of fused-ring (bicyclic) bond motifs is 1. The molecule has 2 N–H and O–H groups in total. The Hall–Kier alpha value is -4.44. The van der Waals surface area contributed by atoms with E-state index in [1.165, 1.54) is 6.07 Å². The van der Waals surface area contributed by atoms with E-state index in [1.807, 2.05) is 30.1 Å². The molecule has 1 aliphatic heterocycles. The lowest BCUT2D eigenvalue weighted by Crippen LogP contribution is -2.44. The van der Waals surface area contributed by atoms with Gasteiger partial charge >= 0.3 is 0 Å². The van der Waals surface area contributed by atoms with Crippen molar-refractivity contribution >= 4 is 40.0 Å². The van der Waals surface area contributed by atoms with Gasteiger partial charge in [0.15, 0.2) is 11.6 Å². The summed E-state index contributed by atoms with van der Waals surface area (Å²) in [5.74, 6) is -1.76. The van der Waals surface area contributed by atoms with E-state index in [2.05, 4.69) is 37.1 Å². The zero-order chi connectivity index (χ0) is 25.9. The summed E-state index contributed by atoms with van der Waals surface area (Å²) in [5, 5.41) is 6.22. The van der Waals surface area contributed by atoms with E-state index in [9.17, 15) is 9.18 Å². The van der Waals surface area contributed by atoms with Crippen molar-refractivity contribution in [3.05, 3.63) is 79.1 Å². The molecule has 2 aromatic carbocycles. The molecule has 5 rings (SSSR count). The first-order valence-electron chi connectivity index (χ1n) is 11.8. The first-order valence-corrected chi connectivity index (χ1v) is 11.8. The number of benzene rings is 2. The van der Waals surface area contributed by atoms with Crippen molar-refractivity contribution in [3.63, 3.8) is 0 Å². The zero-order valence-electron chi connectivity index (χ0n) is 20.2. The number of amides is 1. The van der Waals surface area contributed by atoms with Crippen molar-refractivity contribution in [1.82, 2.24) is 19.9 Å². The summed E-state index contributed by atoms with van der Waals surface area (Å²) in [4.78, 5) is 28.7. The van der Waals surface area contributed by atoms with Crippen LogP contribution in [-0.2, 0) is 4.79 Å². The van der Waals surface area contributed by atoms with E-state index in [4.69, 9.17) is 0 Å². The second kappa shape index (κ2) is 10.3.